The highest BCUT2D eigenvalue weighted by molar-refractivity contribution is 7.14. The number of rotatable bonds is 8. The van der Waals surface area contributed by atoms with Crippen molar-refractivity contribution in [1.82, 2.24) is 5.32 Å². The molecule has 0 radical (unpaired) electrons. The summed E-state index contributed by atoms with van der Waals surface area (Å²) >= 11 is 1.32. The van der Waals surface area contributed by atoms with Crippen molar-refractivity contribution in [3.8, 4) is 11.5 Å². The molecule has 0 aliphatic rings. The number of benzene rings is 1. The van der Waals surface area contributed by atoms with E-state index in [0.717, 1.165) is 4.88 Å². The van der Waals surface area contributed by atoms with Gasteiger partial charge in [0.05, 0.1) is 24.8 Å². The molecule has 0 saturated heterocycles. The zero-order valence-electron chi connectivity index (χ0n) is 14.1. The second-order valence-electron chi connectivity index (χ2n) is 5.29. The van der Waals surface area contributed by atoms with Crippen LogP contribution in [0.2, 0.25) is 0 Å². The first-order valence-electron chi connectivity index (χ1n) is 7.87. The molecule has 3 aromatic rings. The second kappa shape index (κ2) is 8.35. The third-order valence-corrected chi connectivity index (χ3v) is 4.60. The van der Waals surface area contributed by atoms with Gasteiger partial charge in [-0.1, -0.05) is 12.1 Å². The maximum absolute atomic E-state index is 12.2. The van der Waals surface area contributed by atoms with Crippen LogP contribution in [0.15, 0.2) is 59.2 Å². The van der Waals surface area contributed by atoms with E-state index >= 15 is 0 Å². The molecular formula is C19H17NO5S. The van der Waals surface area contributed by atoms with Crippen LogP contribution in [0.5, 0.6) is 11.5 Å². The Morgan fingerprint density at radius 1 is 1.08 bits per heavy atom. The molecule has 0 aliphatic heterocycles. The minimum absolute atomic E-state index is 0.121. The zero-order chi connectivity index (χ0) is 18.4. The Bertz CT molecular complexity index is 885. The van der Waals surface area contributed by atoms with Gasteiger partial charge in [-0.25, -0.2) is 0 Å². The van der Waals surface area contributed by atoms with Crippen molar-refractivity contribution in [2.45, 2.75) is 6.54 Å². The molecule has 3 rings (SSSR count). The first kappa shape index (κ1) is 17.8. The van der Waals surface area contributed by atoms with Crippen LogP contribution in [-0.4, -0.2) is 25.4 Å². The molecule has 0 atom stereocenters. The molecule has 0 aliphatic carbocycles. The fraction of sp³-hybridized carbons (Fsp3) is 0.158. The van der Waals surface area contributed by atoms with Crippen molar-refractivity contribution in [1.29, 1.82) is 0 Å². The summed E-state index contributed by atoms with van der Waals surface area (Å²) in [6.45, 7) is 0.203. The van der Waals surface area contributed by atoms with Gasteiger partial charge in [0, 0.05) is 4.88 Å². The van der Waals surface area contributed by atoms with Gasteiger partial charge in [-0.3, -0.25) is 9.59 Å². The Labute approximate surface area is 154 Å². The molecule has 2 heterocycles. The van der Waals surface area contributed by atoms with Gasteiger partial charge in [-0.15, -0.1) is 11.3 Å². The van der Waals surface area contributed by atoms with Gasteiger partial charge in [-0.05, 0) is 36.4 Å². The fourth-order valence-electron chi connectivity index (χ4n) is 2.24. The molecule has 0 spiro atoms. The number of nitrogens with one attached hydrogen (secondary N) is 1. The smallest absolute Gasteiger partial charge is 0.258 e. The highest BCUT2D eigenvalue weighted by Gasteiger charge is 2.14. The minimum atomic E-state index is -0.261. The Balaban J connectivity index is 1.50. The molecule has 1 amide bonds. The quantitative estimate of drug-likeness (QED) is 0.615. The van der Waals surface area contributed by atoms with E-state index in [4.69, 9.17) is 13.9 Å². The number of methoxy groups -OCH3 is 1. The van der Waals surface area contributed by atoms with Gasteiger partial charge in [0.25, 0.3) is 5.91 Å². The monoisotopic (exact) mass is 371 g/mol. The Hall–Kier alpha value is -3.06. The third-order valence-electron chi connectivity index (χ3n) is 3.52. The minimum Gasteiger partial charge on any atom is -0.493 e. The van der Waals surface area contributed by atoms with E-state index in [9.17, 15) is 9.59 Å². The van der Waals surface area contributed by atoms with Crippen molar-refractivity contribution in [2.24, 2.45) is 0 Å². The summed E-state index contributed by atoms with van der Waals surface area (Å²) in [4.78, 5) is 25.6. The highest BCUT2D eigenvalue weighted by Crippen LogP contribution is 2.25. The number of hydrogen-bond acceptors (Lipinski definition) is 6. The number of ether oxygens (including phenoxy) is 2. The van der Waals surface area contributed by atoms with Crippen LogP contribution in [0.3, 0.4) is 0 Å². The molecule has 7 heteroatoms. The predicted molar refractivity (Wildman–Crippen MR) is 96.8 cm³/mol. The molecule has 2 aromatic heterocycles. The average molecular weight is 371 g/mol. The number of carbonyl (C=O) groups is 2. The second-order valence-corrected chi connectivity index (χ2v) is 6.46. The SMILES string of the molecule is COc1ccccc1OCC(=O)NCc1ccc(C(=O)c2ccco2)s1. The van der Waals surface area contributed by atoms with E-state index in [-0.39, 0.29) is 18.3 Å². The van der Waals surface area contributed by atoms with Crippen LogP contribution in [0.25, 0.3) is 0 Å². The van der Waals surface area contributed by atoms with E-state index in [1.165, 1.54) is 17.6 Å². The lowest BCUT2D eigenvalue weighted by Crippen LogP contribution is -2.28. The lowest BCUT2D eigenvalue weighted by Gasteiger charge is -2.10. The molecule has 26 heavy (non-hydrogen) atoms. The van der Waals surface area contributed by atoms with Crippen molar-refractivity contribution in [3.63, 3.8) is 0 Å². The van der Waals surface area contributed by atoms with Gasteiger partial charge < -0.3 is 19.2 Å². The summed E-state index contributed by atoms with van der Waals surface area (Å²) in [5, 5.41) is 2.76. The zero-order valence-corrected chi connectivity index (χ0v) is 14.9. The largest absolute Gasteiger partial charge is 0.493 e. The molecule has 0 saturated carbocycles. The molecule has 1 N–H and O–H groups in total. The van der Waals surface area contributed by atoms with Gasteiger partial charge in [0.1, 0.15) is 0 Å². The Morgan fingerprint density at radius 2 is 1.88 bits per heavy atom. The lowest BCUT2D eigenvalue weighted by molar-refractivity contribution is -0.123. The van der Waals surface area contributed by atoms with Crippen LogP contribution in [0, 0.1) is 0 Å². The summed E-state index contributed by atoms with van der Waals surface area (Å²) in [7, 11) is 1.54. The van der Waals surface area contributed by atoms with Gasteiger partial charge in [0.2, 0.25) is 5.78 Å². The molecular weight excluding hydrogens is 354 g/mol. The predicted octanol–water partition coefficient (Wildman–Crippen LogP) is 3.28. The van der Waals surface area contributed by atoms with Crippen molar-refractivity contribution in [2.75, 3.05) is 13.7 Å². The van der Waals surface area contributed by atoms with Crippen LogP contribution in [0.1, 0.15) is 20.3 Å². The maximum atomic E-state index is 12.2. The van der Waals surface area contributed by atoms with E-state index in [1.54, 1.807) is 43.5 Å². The summed E-state index contributed by atoms with van der Waals surface area (Å²) in [6, 6.07) is 13.9. The van der Waals surface area contributed by atoms with Crippen LogP contribution in [0.4, 0.5) is 0 Å². The fourth-order valence-corrected chi connectivity index (χ4v) is 3.13. The van der Waals surface area contributed by atoms with E-state index < -0.39 is 0 Å². The Morgan fingerprint density at radius 3 is 2.62 bits per heavy atom. The third kappa shape index (κ3) is 4.31. The lowest BCUT2D eigenvalue weighted by atomic mass is 10.2. The molecule has 134 valence electrons. The topological polar surface area (TPSA) is 77.8 Å². The summed E-state index contributed by atoms with van der Waals surface area (Å²) in [5.41, 5.74) is 0. The van der Waals surface area contributed by atoms with E-state index in [1.807, 2.05) is 12.1 Å². The van der Waals surface area contributed by atoms with Gasteiger partial charge in [0.15, 0.2) is 23.9 Å². The van der Waals surface area contributed by atoms with Crippen LogP contribution in [-0.2, 0) is 11.3 Å². The van der Waals surface area contributed by atoms with E-state index in [0.29, 0.717) is 28.7 Å². The standard InChI is InChI=1S/C19H17NO5S/c1-23-14-5-2-3-6-15(14)25-12-18(21)20-11-13-8-9-17(26-13)19(22)16-7-4-10-24-16/h2-10H,11-12H2,1H3,(H,20,21). The van der Waals surface area contributed by atoms with Crippen LogP contribution < -0.4 is 14.8 Å². The van der Waals surface area contributed by atoms with Crippen LogP contribution >= 0.6 is 11.3 Å². The molecule has 0 bridgehead atoms. The average Bonchev–Trinajstić information content (AvgIpc) is 3.36. The first-order valence-corrected chi connectivity index (χ1v) is 8.68. The normalized spacial score (nSPS) is 10.3. The number of amides is 1. The Kier molecular flexibility index (Phi) is 5.70. The summed E-state index contributed by atoms with van der Waals surface area (Å²) in [5.74, 6) is 0.945. The van der Waals surface area contributed by atoms with Crippen molar-refractivity contribution in [3.05, 3.63) is 70.3 Å². The van der Waals surface area contributed by atoms with Crippen molar-refractivity contribution < 1.29 is 23.5 Å². The molecule has 0 unspecified atom stereocenters. The van der Waals surface area contributed by atoms with Gasteiger partial charge in [-0.2, -0.15) is 0 Å². The van der Waals surface area contributed by atoms with Gasteiger partial charge >= 0.3 is 0 Å². The number of thiophene rings is 1. The number of ketones is 1. The highest BCUT2D eigenvalue weighted by atomic mass is 32.1. The number of furan rings is 1. The maximum Gasteiger partial charge on any atom is 0.258 e. The summed E-state index contributed by atoms with van der Waals surface area (Å²) < 4.78 is 15.7. The number of para-hydroxylation sites is 2. The van der Waals surface area contributed by atoms with E-state index in [2.05, 4.69) is 5.32 Å². The molecule has 6 nitrogen and oxygen atoms in total. The summed E-state index contributed by atoms with van der Waals surface area (Å²) in [6.07, 6.45) is 1.46. The molecule has 1 aromatic carbocycles. The number of carbonyl (C=O) groups excluding carboxylic acids is 2. The molecule has 0 fully saturated rings. The van der Waals surface area contributed by atoms with Crippen molar-refractivity contribution >= 4 is 23.0 Å². The number of hydrogen-bond donors (Lipinski definition) is 1. The first-order chi connectivity index (χ1) is 12.7.